The first kappa shape index (κ1) is 18.7. The molecule has 1 heterocycles. The number of carbonyl (C=O) groups excluding carboxylic acids is 1. The molecule has 0 aromatic heterocycles. The molecule has 1 atom stereocenters. The van der Waals surface area contributed by atoms with Gasteiger partial charge in [0, 0.05) is 11.3 Å². The molecule has 0 fully saturated rings. The van der Waals surface area contributed by atoms with Crippen LogP contribution in [-0.4, -0.2) is 32.8 Å². The van der Waals surface area contributed by atoms with Gasteiger partial charge in [0.2, 0.25) is 6.10 Å². The van der Waals surface area contributed by atoms with E-state index < -0.39 is 6.10 Å². The summed E-state index contributed by atoms with van der Waals surface area (Å²) in [6, 6.07) is 20.4. The van der Waals surface area contributed by atoms with Gasteiger partial charge in [0.05, 0.1) is 14.2 Å². The van der Waals surface area contributed by atoms with Crippen LogP contribution in [-0.2, 0) is 4.79 Å². The normalized spacial score (nSPS) is 14.8. The second-order valence-corrected chi connectivity index (χ2v) is 6.50. The van der Waals surface area contributed by atoms with Crippen molar-refractivity contribution in [3.8, 4) is 34.1 Å². The minimum Gasteiger partial charge on any atom is -0.497 e. The Balaban J connectivity index is 1.54. The first-order valence-electron chi connectivity index (χ1n) is 9.20. The van der Waals surface area contributed by atoms with Crippen molar-refractivity contribution in [2.75, 3.05) is 26.1 Å². The molecule has 0 saturated carbocycles. The van der Waals surface area contributed by atoms with E-state index in [0.717, 1.165) is 16.9 Å². The van der Waals surface area contributed by atoms with Crippen LogP contribution in [0.15, 0.2) is 66.7 Å². The third-order valence-corrected chi connectivity index (χ3v) is 4.67. The zero-order chi connectivity index (χ0) is 20.2. The van der Waals surface area contributed by atoms with E-state index in [9.17, 15) is 4.79 Å². The van der Waals surface area contributed by atoms with Gasteiger partial charge in [-0.15, -0.1) is 0 Å². The summed E-state index contributed by atoms with van der Waals surface area (Å²) in [6.45, 7) is 0.157. The maximum Gasteiger partial charge on any atom is 0.269 e. The second-order valence-electron chi connectivity index (χ2n) is 6.50. The molecule has 1 amide bonds. The van der Waals surface area contributed by atoms with E-state index in [1.54, 1.807) is 26.4 Å². The van der Waals surface area contributed by atoms with Crippen molar-refractivity contribution in [1.29, 1.82) is 0 Å². The summed E-state index contributed by atoms with van der Waals surface area (Å²) in [5.74, 6) is 2.41. The number of fused-ring (bicyclic) bond motifs is 1. The lowest BCUT2D eigenvalue weighted by molar-refractivity contribution is -0.125. The fraction of sp³-hybridized carbons (Fsp3) is 0.174. The zero-order valence-corrected chi connectivity index (χ0v) is 16.2. The smallest absolute Gasteiger partial charge is 0.269 e. The molecule has 6 nitrogen and oxygen atoms in total. The number of methoxy groups -OCH3 is 2. The highest BCUT2D eigenvalue weighted by atomic mass is 16.6. The highest BCUT2D eigenvalue weighted by molar-refractivity contribution is 5.95. The van der Waals surface area contributed by atoms with Gasteiger partial charge in [-0.05, 0) is 48.0 Å². The quantitative estimate of drug-likeness (QED) is 0.708. The lowest BCUT2D eigenvalue weighted by Gasteiger charge is -2.25. The fourth-order valence-corrected chi connectivity index (χ4v) is 3.15. The fourth-order valence-electron chi connectivity index (χ4n) is 3.15. The van der Waals surface area contributed by atoms with Crippen LogP contribution < -0.4 is 24.3 Å². The van der Waals surface area contributed by atoms with Gasteiger partial charge in [-0.1, -0.05) is 24.3 Å². The highest BCUT2D eigenvalue weighted by Crippen LogP contribution is 2.34. The van der Waals surface area contributed by atoms with Crippen molar-refractivity contribution < 1.29 is 23.7 Å². The summed E-state index contributed by atoms with van der Waals surface area (Å²) in [5, 5.41) is 2.90. The number of rotatable bonds is 5. The monoisotopic (exact) mass is 391 g/mol. The van der Waals surface area contributed by atoms with Crippen LogP contribution in [0.2, 0.25) is 0 Å². The number of nitrogens with one attached hydrogen (secondary N) is 1. The summed E-state index contributed by atoms with van der Waals surface area (Å²) in [4.78, 5) is 12.7. The minimum absolute atomic E-state index is 0.157. The molecule has 0 radical (unpaired) electrons. The first-order valence-corrected chi connectivity index (χ1v) is 9.20. The van der Waals surface area contributed by atoms with Crippen LogP contribution in [0.4, 0.5) is 5.69 Å². The van der Waals surface area contributed by atoms with Crippen LogP contribution in [0, 0.1) is 0 Å². The Hall–Kier alpha value is -3.67. The molecule has 1 aliphatic rings. The summed E-state index contributed by atoms with van der Waals surface area (Å²) < 4.78 is 22.1. The average Bonchev–Trinajstić information content (AvgIpc) is 2.78. The number of amides is 1. The molecule has 3 aromatic carbocycles. The highest BCUT2D eigenvalue weighted by Gasteiger charge is 2.27. The average molecular weight is 391 g/mol. The van der Waals surface area contributed by atoms with Crippen molar-refractivity contribution in [2.24, 2.45) is 0 Å². The molecular weight excluding hydrogens is 370 g/mol. The second kappa shape index (κ2) is 8.14. The van der Waals surface area contributed by atoms with E-state index in [4.69, 9.17) is 18.9 Å². The van der Waals surface area contributed by atoms with E-state index in [2.05, 4.69) is 5.32 Å². The van der Waals surface area contributed by atoms with Gasteiger partial charge >= 0.3 is 0 Å². The van der Waals surface area contributed by atoms with E-state index >= 15 is 0 Å². The Bertz CT molecular complexity index is 1020. The summed E-state index contributed by atoms with van der Waals surface area (Å²) in [7, 11) is 3.24. The predicted octanol–water partition coefficient (Wildman–Crippen LogP) is 4.15. The van der Waals surface area contributed by atoms with Gasteiger partial charge in [-0.3, -0.25) is 4.79 Å². The molecule has 6 heteroatoms. The van der Waals surface area contributed by atoms with Gasteiger partial charge in [-0.25, -0.2) is 0 Å². The predicted molar refractivity (Wildman–Crippen MR) is 110 cm³/mol. The Morgan fingerprint density at radius 3 is 2.45 bits per heavy atom. The number of carbonyl (C=O) groups is 1. The molecule has 3 aromatic rings. The Labute approximate surface area is 169 Å². The van der Waals surface area contributed by atoms with Crippen molar-refractivity contribution in [2.45, 2.75) is 6.10 Å². The molecule has 1 N–H and O–H groups in total. The summed E-state index contributed by atoms with van der Waals surface area (Å²) in [6.07, 6.45) is -0.726. The number of ether oxygens (including phenoxy) is 4. The van der Waals surface area contributed by atoms with Crippen LogP contribution in [0.1, 0.15) is 0 Å². The largest absolute Gasteiger partial charge is 0.497 e. The minimum atomic E-state index is -0.726. The molecule has 29 heavy (non-hydrogen) atoms. The lowest BCUT2D eigenvalue weighted by Crippen LogP contribution is -2.40. The van der Waals surface area contributed by atoms with Crippen molar-refractivity contribution in [3.05, 3.63) is 66.7 Å². The maximum absolute atomic E-state index is 12.7. The lowest BCUT2D eigenvalue weighted by atomic mass is 10.0. The number of anilines is 1. The molecule has 4 rings (SSSR count). The van der Waals surface area contributed by atoms with Crippen LogP contribution in [0.25, 0.3) is 11.1 Å². The Morgan fingerprint density at radius 1 is 0.966 bits per heavy atom. The zero-order valence-electron chi connectivity index (χ0n) is 16.2. The van der Waals surface area contributed by atoms with E-state index in [1.165, 1.54) is 0 Å². The molecule has 0 spiro atoms. The molecular formula is C23H21NO5. The molecule has 1 aliphatic heterocycles. The molecule has 148 valence electrons. The maximum atomic E-state index is 12.7. The van der Waals surface area contributed by atoms with Crippen LogP contribution in [0.5, 0.6) is 23.0 Å². The third kappa shape index (κ3) is 3.96. The standard InChI is InChI=1S/C23H21NO5/c1-26-17-10-7-15(8-11-17)18-13-16(9-12-19(18)27-2)24-23(25)22-14-28-20-5-3-4-6-21(20)29-22/h3-13,22H,14H2,1-2H3,(H,24,25). The topological polar surface area (TPSA) is 66.0 Å². The van der Waals surface area contributed by atoms with E-state index in [0.29, 0.717) is 22.9 Å². The van der Waals surface area contributed by atoms with Crippen LogP contribution in [0.3, 0.4) is 0 Å². The number of hydrogen-bond acceptors (Lipinski definition) is 5. The molecule has 1 unspecified atom stereocenters. The van der Waals surface area contributed by atoms with Crippen molar-refractivity contribution >= 4 is 11.6 Å². The summed E-state index contributed by atoms with van der Waals surface area (Å²) >= 11 is 0. The van der Waals surface area contributed by atoms with Crippen LogP contribution >= 0.6 is 0 Å². The Kier molecular flexibility index (Phi) is 5.24. The van der Waals surface area contributed by atoms with Gasteiger partial charge in [0.25, 0.3) is 5.91 Å². The van der Waals surface area contributed by atoms with Gasteiger partial charge in [-0.2, -0.15) is 0 Å². The van der Waals surface area contributed by atoms with E-state index in [-0.39, 0.29) is 12.5 Å². The molecule has 0 bridgehead atoms. The third-order valence-electron chi connectivity index (χ3n) is 4.67. The molecule has 0 aliphatic carbocycles. The number of para-hydroxylation sites is 2. The van der Waals surface area contributed by atoms with Gasteiger partial charge in [0.15, 0.2) is 11.5 Å². The number of hydrogen-bond donors (Lipinski definition) is 1. The van der Waals surface area contributed by atoms with Crippen molar-refractivity contribution in [3.63, 3.8) is 0 Å². The summed E-state index contributed by atoms with van der Waals surface area (Å²) in [5.41, 5.74) is 2.45. The number of benzene rings is 3. The SMILES string of the molecule is COc1ccc(-c2cc(NC(=O)C3COc4ccccc4O3)ccc2OC)cc1. The van der Waals surface area contributed by atoms with Gasteiger partial charge in [0.1, 0.15) is 18.1 Å². The van der Waals surface area contributed by atoms with Gasteiger partial charge < -0.3 is 24.3 Å². The molecule has 0 saturated heterocycles. The Morgan fingerprint density at radius 2 is 1.72 bits per heavy atom. The van der Waals surface area contributed by atoms with Crippen molar-refractivity contribution in [1.82, 2.24) is 0 Å². The first-order chi connectivity index (χ1) is 14.2. The van der Waals surface area contributed by atoms with E-state index in [1.807, 2.05) is 54.6 Å².